The first-order valence-electron chi connectivity index (χ1n) is 6.70. The third-order valence-corrected chi connectivity index (χ3v) is 3.31. The summed E-state index contributed by atoms with van der Waals surface area (Å²) in [5, 5.41) is 12.0. The largest absolute Gasteiger partial charge is 0.306 e. The molecule has 4 nitrogen and oxygen atoms in total. The van der Waals surface area contributed by atoms with Crippen LogP contribution in [-0.2, 0) is 6.54 Å². The van der Waals surface area contributed by atoms with E-state index in [0.717, 1.165) is 12.2 Å². The van der Waals surface area contributed by atoms with Gasteiger partial charge in [-0.05, 0) is 33.6 Å². The molecule has 1 N–H and O–H groups in total. The molecule has 0 spiro atoms. The molecule has 1 aliphatic carbocycles. The quantitative estimate of drug-likeness (QED) is 0.877. The van der Waals surface area contributed by atoms with Crippen LogP contribution in [0.2, 0.25) is 0 Å². The maximum absolute atomic E-state index is 4.27. The van der Waals surface area contributed by atoms with Crippen LogP contribution in [0.5, 0.6) is 0 Å². The lowest BCUT2D eigenvalue weighted by molar-refractivity contribution is 0.324. The Hall–Kier alpha value is -0.900. The van der Waals surface area contributed by atoms with Gasteiger partial charge in [-0.15, -0.1) is 5.10 Å². The topological polar surface area (TPSA) is 42.7 Å². The van der Waals surface area contributed by atoms with Crippen molar-refractivity contribution in [3.63, 3.8) is 0 Å². The zero-order valence-electron chi connectivity index (χ0n) is 11.2. The summed E-state index contributed by atoms with van der Waals surface area (Å²) in [4.78, 5) is 0. The van der Waals surface area contributed by atoms with Gasteiger partial charge < -0.3 is 5.32 Å². The van der Waals surface area contributed by atoms with Crippen LogP contribution in [0.4, 0.5) is 0 Å². The summed E-state index contributed by atoms with van der Waals surface area (Å²) in [6.07, 6.45) is 8.67. The third kappa shape index (κ3) is 3.80. The molecule has 17 heavy (non-hydrogen) atoms. The molecule has 1 fully saturated rings. The van der Waals surface area contributed by atoms with Gasteiger partial charge >= 0.3 is 0 Å². The fourth-order valence-electron chi connectivity index (χ4n) is 2.27. The van der Waals surface area contributed by atoms with Gasteiger partial charge in [0.15, 0.2) is 0 Å². The Morgan fingerprint density at radius 1 is 1.29 bits per heavy atom. The molecular formula is C13H24N4. The van der Waals surface area contributed by atoms with Crippen molar-refractivity contribution in [2.45, 2.75) is 71.0 Å². The van der Waals surface area contributed by atoms with Crippen LogP contribution in [0.15, 0.2) is 6.20 Å². The number of nitrogens with zero attached hydrogens (tertiary/aromatic N) is 3. The first-order valence-corrected chi connectivity index (χ1v) is 6.70. The predicted octanol–water partition coefficient (Wildman–Crippen LogP) is 2.67. The highest BCUT2D eigenvalue weighted by atomic mass is 15.4. The summed E-state index contributed by atoms with van der Waals surface area (Å²) < 4.78 is 2.07. The zero-order valence-corrected chi connectivity index (χ0v) is 11.2. The van der Waals surface area contributed by atoms with Crippen molar-refractivity contribution < 1.29 is 0 Å². The Labute approximate surface area is 104 Å². The number of rotatable bonds is 3. The first-order chi connectivity index (χ1) is 8.04. The van der Waals surface area contributed by atoms with E-state index in [9.17, 15) is 0 Å². The normalized spacial score (nSPS) is 18.5. The van der Waals surface area contributed by atoms with Gasteiger partial charge in [-0.2, -0.15) is 0 Å². The molecule has 0 amide bonds. The second-order valence-electron chi connectivity index (χ2n) is 6.09. The summed E-state index contributed by atoms with van der Waals surface area (Å²) in [5.74, 6) is 0. The van der Waals surface area contributed by atoms with Crippen molar-refractivity contribution in [2.24, 2.45) is 0 Å². The molecule has 0 bridgehead atoms. The minimum atomic E-state index is 0.134. The highest BCUT2D eigenvalue weighted by Gasteiger charge is 2.17. The van der Waals surface area contributed by atoms with Crippen molar-refractivity contribution in [2.75, 3.05) is 0 Å². The number of aromatic nitrogens is 3. The van der Waals surface area contributed by atoms with Gasteiger partial charge in [-0.1, -0.05) is 24.5 Å². The maximum atomic E-state index is 4.27. The zero-order chi connectivity index (χ0) is 12.3. The van der Waals surface area contributed by atoms with E-state index in [1.807, 2.05) is 0 Å². The summed E-state index contributed by atoms with van der Waals surface area (Å²) in [6.45, 7) is 7.30. The van der Waals surface area contributed by atoms with Crippen molar-refractivity contribution >= 4 is 0 Å². The van der Waals surface area contributed by atoms with E-state index in [-0.39, 0.29) is 5.54 Å². The minimum Gasteiger partial charge on any atom is -0.306 e. The van der Waals surface area contributed by atoms with E-state index in [1.165, 1.54) is 32.1 Å². The average molecular weight is 236 g/mol. The molecule has 0 radical (unpaired) electrons. The Balaban J connectivity index is 1.91. The molecule has 1 aliphatic rings. The summed E-state index contributed by atoms with van der Waals surface area (Å²) in [5.41, 5.74) is 1.18. The summed E-state index contributed by atoms with van der Waals surface area (Å²) in [7, 11) is 0. The van der Waals surface area contributed by atoms with Gasteiger partial charge in [-0.25, -0.2) is 4.68 Å². The fraction of sp³-hybridized carbons (Fsp3) is 0.846. The van der Waals surface area contributed by atoms with Crippen LogP contribution in [0.1, 0.15) is 64.6 Å². The van der Waals surface area contributed by atoms with Crippen molar-refractivity contribution in [3.8, 4) is 0 Å². The van der Waals surface area contributed by atoms with E-state index in [2.05, 4.69) is 47.3 Å². The van der Waals surface area contributed by atoms with Gasteiger partial charge in [0.25, 0.3) is 0 Å². The van der Waals surface area contributed by atoms with Crippen molar-refractivity contribution in [1.82, 2.24) is 20.3 Å². The molecule has 1 saturated carbocycles. The Morgan fingerprint density at radius 2 is 2.00 bits per heavy atom. The van der Waals surface area contributed by atoms with E-state index >= 15 is 0 Å². The average Bonchev–Trinajstić information content (AvgIpc) is 2.75. The Kier molecular flexibility index (Phi) is 3.82. The van der Waals surface area contributed by atoms with Gasteiger partial charge in [0, 0.05) is 12.1 Å². The third-order valence-electron chi connectivity index (χ3n) is 3.31. The molecule has 0 saturated heterocycles. The van der Waals surface area contributed by atoms with Crippen LogP contribution >= 0.6 is 0 Å². The minimum absolute atomic E-state index is 0.134. The van der Waals surface area contributed by atoms with Gasteiger partial charge in [-0.3, -0.25) is 0 Å². The lowest BCUT2D eigenvalue weighted by Gasteiger charge is -2.21. The van der Waals surface area contributed by atoms with Crippen LogP contribution in [0.25, 0.3) is 0 Å². The summed E-state index contributed by atoms with van der Waals surface area (Å²) >= 11 is 0. The number of hydrogen-bond donors (Lipinski definition) is 1. The molecule has 0 aromatic carbocycles. The monoisotopic (exact) mass is 236 g/mol. The van der Waals surface area contributed by atoms with Crippen LogP contribution in [-0.4, -0.2) is 20.5 Å². The van der Waals surface area contributed by atoms with E-state index in [1.54, 1.807) is 0 Å². The van der Waals surface area contributed by atoms with E-state index in [0.29, 0.717) is 6.04 Å². The second kappa shape index (κ2) is 5.17. The molecule has 96 valence electrons. The highest BCUT2D eigenvalue weighted by Crippen LogP contribution is 2.27. The van der Waals surface area contributed by atoms with Gasteiger partial charge in [0.05, 0.1) is 17.9 Å². The molecule has 2 rings (SSSR count). The lowest BCUT2D eigenvalue weighted by Crippen LogP contribution is -2.35. The fourth-order valence-corrected chi connectivity index (χ4v) is 2.27. The Morgan fingerprint density at radius 3 is 2.65 bits per heavy atom. The molecule has 0 aliphatic heterocycles. The SMILES string of the molecule is CC(C)(C)NCc1cn(C2CCCCC2)nn1. The number of hydrogen-bond acceptors (Lipinski definition) is 3. The smallest absolute Gasteiger partial charge is 0.0965 e. The van der Waals surface area contributed by atoms with Gasteiger partial charge in [0.1, 0.15) is 0 Å². The number of nitrogens with one attached hydrogen (secondary N) is 1. The van der Waals surface area contributed by atoms with Crippen molar-refractivity contribution in [1.29, 1.82) is 0 Å². The van der Waals surface area contributed by atoms with Crippen LogP contribution < -0.4 is 5.32 Å². The highest BCUT2D eigenvalue weighted by molar-refractivity contribution is 4.94. The van der Waals surface area contributed by atoms with E-state index < -0.39 is 0 Å². The van der Waals surface area contributed by atoms with Crippen molar-refractivity contribution in [3.05, 3.63) is 11.9 Å². The first kappa shape index (κ1) is 12.6. The van der Waals surface area contributed by atoms with Gasteiger partial charge in [0.2, 0.25) is 0 Å². The standard InChI is InChI=1S/C13H24N4/c1-13(2,3)14-9-11-10-17(16-15-11)12-7-5-4-6-8-12/h10,12,14H,4-9H2,1-3H3. The van der Waals surface area contributed by atoms with Crippen LogP contribution in [0.3, 0.4) is 0 Å². The molecule has 1 aromatic rings. The molecule has 0 atom stereocenters. The molecular weight excluding hydrogens is 212 g/mol. The maximum Gasteiger partial charge on any atom is 0.0965 e. The second-order valence-corrected chi connectivity index (χ2v) is 6.09. The lowest BCUT2D eigenvalue weighted by atomic mass is 9.96. The molecule has 1 aromatic heterocycles. The molecule has 4 heteroatoms. The van der Waals surface area contributed by atoms with E-state index in [4.69, 9.17) is 0 Å². The predicted molar refractivity (Wildman–Crippen MR) is 68.7 cm³/mol. The molecule has 0 unspecified atom stereocenters. The summed E-state index contributed by atoms with van der Waals surface area (Å²) in [6, 6.07) is 0.583. The van der Waals surface area contributed by atoms with Crippen LogP contribution in [0, 0.1) is 0 Å². The Bertz CT molecular complexity index is 345. The molecule has 1 heterocycles.